The largest absolute Gasteiger partial charge is 0.338 e. The topological polar surface area (TPSA) is 74.8 Å². The first-order chi connectivity index (χ1) is 10.3. The summed E-state index contributed by atoms with van der Waals surface area (Å²) < 4.78 is 3.92. The molecule has 1 aliphatic rings. The molecule has 21 heavy (non-hydrogen) atoms. The van der Waals surface area contributed by atoms with E-state index in [-0.39, 0.29) is 5.91 Å². The van der Waals surface area contributed by atoms with Gasteiger partial charge in [-0.05, 0) is 49.2 Å². The minimum absolute atomic E-state index is 0.0937. The number of likely N-dealkylation sites (tertiary alicyclic amines) is 1. The Bertz CT molecular complexity index is 594. The van der Waals surface area contributed by atoms with E-state index in [0.717, 1.165) is 50.2 Å². The van der Waals surface area contributed by atoms with Gasteiger partial charge in [-0.3, -0.25) is 9.89 Å². The van der Waals surface area contributed by atoms with Crippen molar-refractivity contribution in [2.24, 2.45) is 5.92 Å². The maximum Gasteiger partial charge on any atom is 0.267 e. The van der Waals surface area contributed by atoms with Gasteiger partial charge in [0.1, 0.15) is 4.88 Å². The first-order valence-electron chi connectivity index (χ1n) is 7.36. The molecule has 0 bridgehead atoms. The third kappa shape index (κ3) is 3.12. The molecule has 0 aromatic carbocycles. The van der Waals surface area contributed by atoms with E-state index in [0.29, 0.717) is 10.8 Å². The second-order valence-electron chi connectivity index (χ2n) is 5.45. The highest BCUT2D eigenvalue weighted by Gasteiger charge is 2.27. The number of rotatable bonds is 4. The van der Waals surface area contributed by atoms with Gasteiger partial charge >= 0.3 is 0 Å². The highest BCUT2D eigenvalue weighted by atomic mass is 32.1. The number of aromatic nitrogens is 4. The zero-order chi connectivity index (χ0) is 14.7. The summed E-state index contributed by atoms with van der Waals surface area (Å²) in [7, 11) is 0. The summed E-state index contributed by atoms with van der Waals surface area (Å²) in [5.41, 5.74) is 1.96. The lowest BCUT2D eigenvalue weighted by Gasteiger charge is -2.32. The van der Waals surface area contributed by atoms with Crippen LogP contribution in [0.3, 0.4) is 0 Å². The van der Waals surface area contributed by atoms with Gasteiger partial charge in [0.25, 0.3) is 5.91 Å². The van der Waals surface area contributed by atoms with Crippen molar-refractivity contribution >= 4 is 17.4 Å². The molecule has 6 nitrogen and oxygen atoms in total. The van der Waals surface area contributed by atoms with Gasteiger partial charge in [0.2, 0.25) is 0 Å². The molecule has 0 saturated carbocycles. The SMILES string of the molecule is CCc1nnsc1C(=O)N1CCC[C@H](Cc2ccn[nH]2)C1. The molecule has 3 rings (SSSR count). The second-order valence-corrected chi connectivity index (χ2v) is 6.20. The lowest BCUT2D eigenvalue weighted by molar-refractivity contribution is 0.0676. The molecule has 7 heteroatoms. The van der Waals surface area contributed by atoms with Crippen LogP contribution in [0.4, 0.5) is 0 Å². The molecule has 1 aliphatic heterocycles. The van der Waals surface area contributed by atoms with E-state index in [1.165, 1.54) is 11.5 Å². The number of aromatic amines is 1. The molecule has 1 amide bonds. The number of hydrogen-bond donors (Lipinski definition) is 1. The maximum absolute atomic E-state index is 12.6. The highest BCUT2D eigenvalue weighted by molar-refractivity contribution is 7.08. The number of H-pyrrole nitrogens is 1. The van der Waals surface area contributed by atoms with E-state index in [2.05, 4.69) is 19.8 Å². The van der Waals surface area contributed by atoms with Gasteiger partial charge < -0.3 is 4.90 Å². The van der Waals surface area contributed by atoms with Gasteiger partial charge in [-0.2, -0.15) is 5.10 Å². The van der Waals surface area contributed by atoms with Crippen LogP contribution < -0.4 is 0 Å². The molecule has 2 aromatic heterocycles. The van der Waals surface area contributed by atoms with Crippen molar-refractivity contribution in [2.45, 2.75) is 32.6 Å². The Labute approximate surface area is 127 Å². The Kier molecular flexibility index (Phi) is 4.28. The molecule has 0 radical (unpaired) electrons. The van der Waals surface area contributed by atoms with Crippen LogP contribution >= 0.6 is 11.5 Å². The molecule has 1 fully saturated rings. The first kappa shape index (κ1) is 14.2. The average molecular weight is 305 g/mol. The van der Waals surface area contributed by atoms with Gasteiger partial charge in [0.05, 0.1) is 5.69 Å². The van der Waals surface area contributed by atoms with Crippen molar-refractivity contribution in [3.63, 3.8) is 0 Å². The van der Waals surface area contributed by atoms with Crippen LogP contribution in [0.15, 0.2) is 12.3 Å². The first-order valence-corrected chi connectivity index (χ1v) is 8.14. The molecular weight excluding hydrogens is 286 g/mol. The number of carbonyl (C=O) groups is 1. The van der Waals surface area contributed by atoms with Crippen molar-refractivity contribution in [3.05, 3.63) is 28.5 Å². The van der Waals surface area contributed by atoms with Gasteiger partial charge in [-0.25, -0.2) is 0 Å². The molecule has 0 unspecified atom stereocenters. The number of carbonyl (C=O) groups excluding carboxylic acids is 1. The fourth-order valence-corrected chi connectivity index (χ4v) is 3.59. The van der Waals surface area contributed by atoms with Gasteiger partial charge in [-0.1, -0.05) is 11.4 Å². The average Bonchev–Trinajstić information content (AvgIpc) is 3.17. The number of aryl methyl sites for hydroxylation is 1. The van der Waals surface area contributed by atoms with Crippen molar-refractivity contribution in [1.82, 2.24) is 24.7 Å². The monoisotopic (exact) mass is 305 g/mol. The van der Waals surface area contributed by atoms with Crippen molar-refractivity contribution in [3.8, 4) is 0 Å². The van der Waals surface area contributed by atoms with Crippen molar-refractivity contribution in [1.29, 1.82) is 0 Å². The van der Waals surface area contributed by atoms with Crippen LogP contribution in [-0.2, 0) is 12.8 Å². The Morgan fingerprint density at radius 3 is 3.24 bits per heavy atom. The smallest absolute Gasteiger partial charge is 0.267 e. The molecule has 112 valence electrons. The quantitative estimate of drug-likeness (QED) is 0.936. The zero-order valence-corrected chi connectivity index (χ0v) is 12.9. The molecule has 1 saturated heterocycles. The van der Waals surface area contributed by atoms with Gasteiger partial charge in [-0.15, -0.1) is 5.10 Å². The van der Waals surface area contributed by atoms with E-state index in [1.807, 2.05) is 17.9 Å². The lowest BCUT2D eigenvalue weighted by atomic mass is 9.93. The number of amides is 1. The molecular formula is C14H19N5OS. The Morgan fingerprint density at radius 1 is 1.57 bits per heavy atom. The standard InChI is InChI=1S/C14H19N5OS/c1-2-12-13(21-18-17-12)14(20)19-7-3-4-10(9-19)8-11-5-6-15-16-11/h5-6,10H,2-4,7-9H2,1H3,(H,15,16)/t10-/m1/s1. The third-order valence-electron chi connectivity index (χ3n) is 3.96. The fraction of sp³-hybridized carbons (Fsp3) is 0.571. The Balaban J connectivity index is 1.66. The molecule has 3 heterocycles. The van der Waals surface area contributed by atoms with Crippen LogP contribution in [0, 0.1) is 5.92 Å². The molecule has 1 N–H and O–H groups in total. The van der Waals surface area contributed by atoms with Crippen LogP contribution in [0.25, 0.3) is 0 Å². The van der Waals surface area contributed by atoms with Crippen molar-refractivity contribution in [2.75, 3.05) is 13.1 Å². The van der Waals surface area contributed by atoms with Crippen LogP contribution in [0.5, 0.6) is 0 Å². The van der Waals surface area contributed by atoms with E-state index in [4.69, 9.17) is 0 Å². The molecule has 2 aromatic rings. The number of nitrogens with one attached hydrogen (secondary N) is 1. The summed E-state index contributed by atoms with van der Waals surface area (Å²) >= 11 is 1.21. The summed E-state index contributed by atoms with van der Waals surface area (Å²) in [5.74, 6) is 0.588. The minimum atomic E-state index is 0.0937. The Morgan fingerprint density at radius 2 is 2.48 bits per heavy atom. The number of nitrogens with zero attached hydrogens (tertiary/aromatic N) is 4. The van der Waals surface area contributed by atoms with E-state index in [9.17, 15) is 4.79 Å². The summed E-state index contributed by atoms with van der Waals surface area (Å²) in [4.78, 5) is 15.3. The van der Waals surface area contributed by atoms with Gasteiger partial charge in [0.15, 0.2) is 0 Å². The highest BCUT2D eigenvalue weighted by Crippen LogP contribution is 2.23. The summed E-state index contributed by atoms with van der Waals surface area (Å²) in [5, 5.41) is 11.0. The van der Waals surface area contributed by atoms with E-state index in [1.54, 1.807) is 6.20 Å². The molecule has 0 aliphatic carbocycles. The summed E-state index contributed by atoms with van der Waals surface area (Å²) in [6.07, 6.45) is 5.69. The minimum Gasteiger partial charge on any atom is -0.338 e. The Hall–Kier alpha value is -1.76. The zero-order valence-electron chi connectivity index (χ0n) is 12.1. The van der Waals surface area contributed by atoms with Crippen LogP contribution in [0.1, 0.15) is 40.8 Å². The second kappa shape index (κ2) is 6.34. The lowest BCUT2D eigenvalue weighted by Crippen LogP contribution is -2.40. The molecule has 0 spiro atoms. The normalized spacial score (nSPS) is 18.9. The fourth-order valence-electron chi connectivity index (χ4n) is 2.87. The third-order valence-corrected chi connectivity index (χ3v) is 4.71. The van der Waals surface area contributed by atoms with Crippen LogP contribution in [-0.4, -0.2) is 43.7 Å². The maximum atomic E-state index is 12.6. The van der Waals surface area contributed by atoms with Gasteiger partial charge in [0, 0.05) is 25.0 Å². The van der Waals surface area contributed by atoms with E-state index >= 15 is 0 Å². The number of piperidine rings is 1. The predicted molar refractivity (Wildman–Crippen MR) is 80.2 cm³/mol. The van der Waals surface area contributed by atoms with Crippen molar-refractivity contribution < 1.29 is 4.79 Å². The van der Waals surface area contributed by atoms with E-state index < -0.39 is 0 Å². The van der Waals surface area contributed by atoms with Crippen LogP contribution in [0.2, 0.25) is 0 Å². The summed E-state index contributed by atoms with van der Waals surface area (Å²) in [6, 6.07) is 2.00. The predicted octanol–water partition coefficient (Wildman–Crippen LogP) is 1.92. The summed E-state index contributed by atoms with van der Waals surface area (Å²) in [6.45, 7) is 3.64. The molecule has 1 atom stereocenters. The number of hydrogen-bond acceptors (Lipinski definition) is 5.